The van der Waals surface area contributed by atoms with Gasteiger partial charge in [-0.05, 0) is 38.5 Å². The minimum atomic E-state index is -0.729. The maximum absolute atomic E-state index is 12.5. The summed E-state index contributed by atoms with van der Waals surface area (Å²) in [6.07, 6.45) is 3.45. The molecule has 0 radical (unpaired) electrons. The van der Waals surface area contributed by atoms with Crippen LogP contribution in [0.3, 0.4) is 0 Å². The van der Waals surface area contributed by atoms with Crippen LogP contribution in [-0.4, -0.2) is 36.6 Å². The second-order valence-corrected chi connectivity index (χ2v) is 5.94. The van der Waals surface area contributed by atoms with Gasteiger partial charge in [0.2, 0.25) is 5.91 Å². The van der Waals surface area contributed by atoms with Gasteiger partial charge >= 0.3 is 0 Å². The minimum Gasteiger partial charge on any atom is -0.381 e. The lowest BCUT2D eigenvalue weighted by Gasteiger charge is -2.46. The van der Waals surface area contributed by atoms with Crippen LogP contribution in [-0.2, 0) is 9.53 Å². The van der Waals surface area contributed by atoms with Gasteiger partial charge in [-0.25, -0.2) is 0 Å². The molecule has 1 saturated carbocycles. The van der Waals surface area contributed by atoms with Crippen molar-refractivity contribution >= 4 is 5.91 Å². The lowest BCUT2D eigenvalue weighted by molar-refractivity contribution is -0.150. The normalized spacial score (nSPS) is 39.9. The predicted octanol–water partition coefficient (Wildman–Crippen LogP) is 1.95. The van der Waals surface area contributed by atoms with E-state index in [2.05, 4.69) is 19.9 Å². The molecule has 1 heterocycles. The van der Waals surface area contributed by atoms with Crippen LogP contribution in [0.25, 0.3) is 0 Å². The fourth-order valence-corrected chi connectivity index (χ4v) is 3.36. The molecule has 1 saturated heterocycles. The highest BCUT2D eigenvalue weighted by Crippen LogP contribution is 2.47. The number of amides is 1. The van der Waals surface area contributed by atoms with E-state index in [0.29, 0.717) is 5.92 Å². The Morgan fingerprint density at radius 1 is 1.44 bits per heavy atom. The van der Waals surface area contributed by atoms with E-state index in [0.717, 1.165) is 32.2 Å². The Morgan fingerprint density at radius 2 is 2.11 bits per heavy atom. The molecule has 0 spiro atoms. The number of carbonyl (C=O) groups is 1. The molecule has 0 aromatic rings. The Bertz CT molecular complexity index is 368. The molecule has 100 valence electrons. The maximum Gasteiger partial charge on any atom is 0.243 e. The number of ether oxygens (including phenoxy) is 1. The largest absolute Gasteiger partial charge is 0.381 e. The molecule has 1 aliphatic carbocycles. The van der Waals surface area contributed by atoms with Gasteiger partial charge in [-0.2, -0.15) is 5.26 Å². The Balaban J connectivity index is 2.04. The summed E-state index contributed by atoms with van der Waals surface area (Å²) in [4.78, 5) is 14.4. The van der Waals surface area contributed by atoms with Crippen LogP contribution in [0.4, 0.5) is 0 Å². The van der Waals surface area contributed by atoms with Crippen LogP contribution in [0, 0.1) is 22.7 Å². The Morgan fingerprint density at radius 3 is 2.56 bits per heavy atom. The van der Waals surface area contributed by atoms with Gasteiger partial charge < -0.3 is 9.64 Å². The molecule has 0 aromatic carbocycles. The van der Waals surface area contributed by atoms with E-state index in [1.54, 1.807) is 7.11 Å². The van der Waals surface area contributed by atoms with Crippen molar-refractivity contribution < 1.29 is 9.53 Å². The summed E-state index contributed by atoms with van der Waals surface area (Å²) in [5, 5.41) is 9.32. The van der Waals surface area contributed by atoms with Gasteiger partial charge in [0.1, 0.15) is 5.41 Å². The zero-order valence-corrected chi connectivity index (χ0v) is 11.5. The zero-order chi connectivity index (χ0) is 13.3. The van der Waals surface area contributed by atoms with Gasteiger partial charge in [-0.1, -0.05) is 6.92 Å². The smallest absolute Gasteiger partial charge is 0.243 e. The predicted molar refractivity (Wildman–Crippen MR) is 67.7 cm³/mol. The van der Waals surface area contributed by atoms with E-state index in [4.69, 9.17) is 4.74 Å². The molecule has 2 atom stereocenters. The van der Waals surface area contributed by atoms with E-state index in [9.17, 15) is 10.1 Å². The lowest BCUT2D eigenvalue weighted by atomic mass is 9.62. The van der Waals surface area contributed by atoms with Crippen molar-refractivity contribution in [3.05, 3.63) is 0 Å². The average molecular weight is 250 g/mol. The molecular weight excluding hydrogens is 228 g/mol. The van der Waals surface area contributed by atoms with E-state index < -0.39 is 5.41 Å². The van der Waals surface area contributed by atoms with Crippen molar-refractivity contribution in [3.8, 4) is 6.07 Å². The van der Waals surface area contributed by atoms with E-state index in [1.165, 1.54) is 0 Å². The quantitative estimate of drug-likeness (QED) is 0.752. The number of nitrogens with zero attached hydrogens (tertiary/aromatic N) is 2. The fraction of sp³-hybridized carbons (Fsp3) is 0.857. The minimum absolute atomic E-state index is 0.0464. The first-order valence-electron chi connectivity index (χ1n) is 6.77. The van der Waals surface area contributed by atoms with E-state index >= 15 is 0 Å². The summed E-state index contributed by atoms with van der Waals surface area (Å²) >= 11 is 0. The first kappa shape index (κ1) is 13.4. The Labute approximate surface area is 109 Å². The summed E-state index contributed by atoms with van der Waals surface area (Å²) < 4.78 is 5.36. The number of nitriles is 1. The monoisotopic (exact) mass is 250 g/mol. The molecule has 0 bridgehead atoms. The average Bonchev–Trinajstić information content (AvgIpc) is 2.33. The number of carbonyl (C=O) groups excluding carboxylic acids is 1. The highest BCUT2D eigenvalue weighted by molar-refractivity contribution is 5.87. The van der Waals surface area contributed by atoms with Gasteiger partial charge in [0.05, 0.1) is 12.2 Å². The van der Waals surface area contributed by atoms with Crippen molar-refractivity contribution in [3.63, 3.8) is 0 Å². The SMILES string of the molecule is COC1CCN(C(=O)C2(C#N)CC(C)C2)C(C)C1. The standard InChI is InChI=1S/C14H22N2O2/c1-10-7-14(8-10,9-15)13(17)16-5-4-12(18-3)6-11(16)2/h10-12H,4-8H2,1-3H3. The molecule has 18 heavy (non-hydrogen) atoms. The summed E-state index contributed by atoms with van der Waals surface area (Å²) in [6, 6.07) is 2.44. The number of rotatable bonds is 2. The van der Waals surface area contributed by atoms with Crippen molar-refractivity contribution in [2.24, 2.45) is 11.3 Å². The number of methoxy groups -OCH3 is 1. The van der Waals surface area contributed by atoms with Crippen LogP contribution >= 0.6 is 0 Å². The number of piperidine rings is 1. The molecule has 4 nitrogen and oxygen atoms in total. The van der Waals surface area contributed by atoms with Crippen molar-refractivity contribution in [2.75, 3.05) is 13.7 Å². The molecule has 2 aliphatic rings. The second kappa shape index (κ2) is 4.89. The third kappa shape index (κ3) is 2.12. The number of hydrogen-bond donors (Lipinski definition) is 0. The van der Waals surface area contributed by atoms with Crippen molar-refractivity contribution in [1.29, 1.82) is 5.26 Å². The first-order valence-corrected chi connectivity index (χ1v) is 6.77. The van der Waals surface area contributed by atoms with E-state index in [-0.39, 0.29) is 18.1 Å². The van der Waals surface area contributed by atoms with Crippen LogP contribution in [0.5, 0.6) is 0 Å². The molecule has 2 unspecified atom stereocenters. The van der Waals surface area contributed by atoms with Crippen LogP contribution in [0.2, 0.25) is 0 Å². The number of likely N-dealkylation sites (tertiary alicyclic amines) is 1. The van der Waals surface area contributed by atoms with Gasteiger partial charge in [0.25, 0.3) is 0 Å². The summed E-state index contributed by atoms with van der Waals surface area (Å²) in [5.74, 6) is 0.547. The highest BCUT2D eigenvalue weighted by atomic mass is 16.5. The molecule has 2 fully saturated rings. The molecular formula is C14H22N2O2. The van der Waals surface area contributed by atoms with Gasteiger partial charge in [0, 0.05) is 19.7 Å². The van der Waals surface area contributed by atoms with Crippen LogP contribution < -0.4 is 0 Å². The highest BCUT2D eigenvalue weighted by Gasteiger charge is 2.51. The number of hydrogen-bond acceptors (Lipinski definition) is 3. The molecule has 1 amide bonds. The summed E-state index contributed by atoms with van der Waals surface area (Å²) in [5.41, 5.74) is -0.729. The topological polar surface area (TPSA) is 53.3 Å². The molecule has 4 heteroatoms. The zero-order valence-electron chi connectivity index (χ0n) is 11.5. The molecule has 2 rings (SSSR count). The third-order valence-corrected chi connectivity index (χ3v) is 4.44. The Kier molecular flexibility index (Phi) is 3.63. The fourth-order valence-electron chi connectivity index (χ4n) is 3.36. The van der Waals surface area contributed by atoms with Crippen molar-refractivity contribution in [1.82, 2.24) is 4.90 Å². The Hall–Kier alpha value is -1.08. The maximum atomic E-state index is 12.5. The van der Waals surface area contributed by atoms with Crippen LogP contribution in [0.15, 0.2) is 0 Å². The van der Waals surface area contributed by atoms with Gasteiger partial charge in [-0.3, -0.25) is 4.79 Å². The lowest BCUT2D eigenvalue weighted by Crippen LogP contribution is -2.55. The first-order chi connectivity index (χ1) is 8.52. The summed E-state index contributed by atoms with van der Waals surface area (Å²) in [7, 11) is 1.72. The summed E-state index contributed by atoms with van der Waals surface area (Å²) in [6.45, 7) is 4.87. The third-order valence-electron chi connectivity index (χ3n) is 4.44. The van der Waals surface area contributed by atoms with E-state index in [1.807, 2.05) is 4.90 Å². The van der Waals surface area contributed by atoms with Gasteiger partial charge in [0.15, 0.2) is 0 Å². The molecule has 0 N–H and O–H groups in total. The molecule has 1 aliphatic heterocycles. The van der Waals surface area contributed by atoms with Crippen LogP contribution in [0.1, 0.15) is 39.5 Å². The molecule has 0 aromatic heterocycles. The van der Waals surface area contributed by atoms with Gasteiger partial charge in [-0.15, -0.1) is 0 Å². The van der Waals surface area contributed by atoms with Crippen molar-refractivity contribution in [2.45, 2.75) is 51.7 Å². The second-order valence-electron chi connectivity index (χ2n) is 5.94.